The average Bonchev–Trinajstić information content (AvgIpc) is 2.68. The summed E-state index contributed by atoms with van der Waals surface area (Å²) < 4.78 is 5.24. The van der Waals surface area contributed by atoms with Gasteiger partial charge in [-0.3, -0.25) is 4.79 Å². The van der Waals surface area contributed by atoms with Crippen molar-refractivity contribution in [2.75, 3.05) is 7.11 Å². The lowest BCUT2D eigenvalue weighted by Crippen LogP contribution is -2.23. The predicted molar refractivity (Wildman–Crippen MR) is 106 cm³/mol. The third-order valence-corrected chi connectivity index (χ3v) is 4.48. The zero-order valence-corrected chi connectivity index (χ0v) is 15.3. The van der Waals surface area contributed by atoms with E-state index < -0.39 is 0 Å². The predicted octanol–water partition coefficient (Wildman–Crippen LogP) is 4.76. The summed E-state index contributed by atoms with van der Waals surface area (Å²) in [5.41, 5.74) is 4.38. The molecule has 1 unspecified atom stereocenters. The number of carbonyl (C=O) groups excluding carboxylic acids is 1. The van der Waals surface area contributed by atoms with Crippen LogP contribution in [0.1, 0.15) is 24.0 Å². The normalized spacial score (nSPS) is 12.3. The lowest BCUT2D eigenvalue weighted by molar-refractivity contribution is -0.122. The molecule has 3 rings (SSSR count). The number of carbonyl (C=O) groups is 1. The van der Waals surface area contributed by atoms with E-state index in [0.29, 0.717) is 5.02 Å². The summed E-state index contributed by atoms with van der Waals surface area (Å²) in [7, 11) is 1.65. The monoisotopic (exact) mass is 366 g/mol. The van der Waals surface area contributed by atoms with Gasteiger partial charge >= 0.3 is 0 Å². The molecule has 1 atom stereocenters. The zero-order valence-electron chi connectivity index (χ0n) is 14.6. The average molecular weight is 367 g/mol. The summed E-state index contributed by atoms with van der Waals surface area (Å²) in [4.78, 5) is 12.4. The molecule has 0 heterocycles. The Hall–Kier alpha value is -2.85. The van der Waals surface area contributed by atoms with E-state index in [-0.39, 0.29) is 11.8 Å². The zero-order chi connectivity index (χ0) is 18.5. The van der Waals surface area contributed by atoms with Crippen molar-refractivity contribution in [3.63, 3.8) is 0 Å². The van der Waals surface area contributed by atoms with Gasteiger partial charge in [0, 0.05) is 5.02 Å². The smallest absolute Gasteiger partial charge is 0.247 e. The highest BCUT2D eigenvalue weighted by molar-refractivity contribution is 6.30. The minimum atomic E-state index is -0.316. The van der Waals surface area contributed by atoms with Crippen LogP contribution in [0.3, 0.4) is 0 Å². The third-order valence-electron chi connectivity index (χ3n) is 4.22. The van der Waals surface area contributed by atoms with Gasteiger partial charge < -0.3 is 4.74 Å². The number of hydrazone groups is 1. The van der Waals surface area contributed by atoms with Gasteiger partial charge in [-0.2, -0.15) is 5.10 Å². The Morgan fingerprint density at radius 3 is 2.50 bits per heavy atom. The molecule has 132 valence electrons. The molecular formula is C21H19ClN2O2. The molecule has 0 saturated carbocycles. The topological polar surface area (TPSA) is 50.7 Å². The molecule has 3 aromatic rings. The third kappa shape index (κ3) is 4.21. The van der Waals surface area contributed by atoms with Gasteiger partial charge in [0.1, 0.15) is 5.75 Å². The molecule has 1 N–H and O–H groups in total. The van der Waals surface area contributed by atoms with Crippen LogP contribution in [0.4, 0.5) is 0 Å². The van der Waals surface area contributed by atoms with Crippen molar-refractivity contribution < 1.29 is 9.53 Å². The van der Waals surface area contributed by atoms with E-state index >= 15 is 0 Å². The molecule has 0 spiro atoms. The van der Waals surface area contributed by atoms with E-state index in [1.54, 1.807) is 25.5 Å². The van der Waals surface area contributed by atoms with Crippen LogP contribution in [-0.2, 0) is 4.79 Å². The number of ether oxygens (including phenoxy) is 1. The van der Waals surface area contributed by atoms with Crippen molar-refractivity contribution >= 4 is 34.5 Å². The maximum Gasteiger partial charge on any atom is 0.247 e. The minimum Gasteiger partial charge on any atom is -0.497 e. The van der Waals surface area contributed by atoms with E-state index in [2.05, 4.69) is 10.5 Å². The molecule has 0 fully saturated rings. The molecule has 0 aromatic heterocycles. The SMILES string of the molecule is COc1ccc2cc(C(C)C(=O)N/N=C/c3ccc(Cl)cc3)ccc2c1. The van der Waals surface area contributed by atoms with Crippen molar-refractivity contribution in [2.45, 2.75) is 12.8 Å². The van der Waals surface area contributed by atoms with Crippen molar-refractivity contribution in [1.29, 1.82) is 0 Å². The van der Waals surface area contributed by atoms with Crippen LogP contribution in [0.15, 0.2) is 65.8 Å². The lowest BCUT2D eigenvalue weighted by atomic mass is 9.97. The second-order valence-corrected chi connectivity index (χ2v) is 6.42. The summed E-state index contributed by atoms with van der Waals surface area (Å²) in [6.45, 7) is 1.86. The van der Waals surface area contributed by atoms with Crippen molar-refractivity contribution in [3.05, 3.63) is 76.8 Å². The maximum absolute atomic E-state index is 12.4. The van der Waals surface area contributed by atoms with Gasteiger partial charge in [-0.25, -0.2) is 5.43 Å². The van der Waals surface area contributed by atoms with Crippen molar-refractivity contribution in [3.8, 4) is 5.75 Å². The van der Waals surface area contributed by atoms with Gasteiger partial charge in [-0.05, 0) is 53.1 Å². The first-order valence-corrected chi connectivity index (χ1v) is 8.61. The number of nitrogens with zero attached hydrogens (tertiary/aromatic N) is 1. The van der Waals surface area contributed by atoms with Gasteiger partial charge in [0.05, 0.1) is 19.2 Å². The van der Waals surface area contributed by atoms with Gasteiger partial charge in [0.15, 0.2) is 0 Å². The number of amides is 1. The van der Waals surface area contributed by atoms with Crippen LogP contribution in [0, 0.1) is 0 Å². The van der Waals surface area contributed by atoms with E-state index in [1.807, 2.05) is 55.5 Å². The van der Waals surface area contributed by atoms with Gasteiger partial charge in [0.25, 0.3) is 0 Å². The fraction of sp³-hybridized carbons (Fsp3) is 0.143. The summed E-state index contributed by atoms with van der Waals surface area (Å²) in [5.74, 6) is 0.333. The molecule has 0 aliphatic carbocycles. The molecule has 0 radical (unpaired) electrons. The van der Waals surface area contributed by atoms with Gasteiger partial charge in [-0.1, -0.05) is 48.0 Å². The number of halogens is 1. The summed E-state index contributed by atoms with van der Waals surface area (Å²) >= 11 is 5.84. The summed E-state index contributed by atoms with van der Waals surface area (Å²) in [6.07, 6.45) is 1.59. The van der Waals surface area contributed by atoms with Crippen LogP contribution < -0.4 is 10.2 Å². The minimum absolute atomic E-state index is 0.164. The highest BCUT2D eigenvalue weighted by atomic mass is 35.5. The lowest BCUT2D eigenvalue weighted by Gasteiger charge is -2.11. The first-order chi connectivity index (χ1) is 12.6. The number of fused-ring (bicyclic) bond motifs is 1. The van der Waals surface area contributed by atoms with Crippen LogP contribution in [-0.4, -0.2) is 19.2 Å². The van der Waals surface area contributed by atoms with E-state index in [9.17, 15) is 4.79 Å². The highest BCUT2D eigenvalue weighted by Gasteiger charge is 2.15. The number of rotatable bonds is 5. The molecule has 4 nitrogen and oxygen atoms in total. The standard InChI is InChI=1S/C21H19ClN2O2/c1-14(21(25)24-23-13-15-3-8-19(22)9-4-15)16-5-6-18-12-20(26-2)10-7-17(18)11-16/h3-14H,1-2H3,(H,24,25)/b23-13+. The van der Waals surface area contributed by atoms with E-state index in [0.717, 1.165) is 27.6 Å². The van der Waals surface area contributed by atoms with Gasteiger partial charge in [0.2, 0.25) is 5.91 Å². The molecule has 0 aliphatic heterocycles. The number of hydrogen-bond acceptors (Lipinski definition) is 3. The first kappa shape index (κ1) is 18.0. The Kier molecular flexibility index (Phi) is 5.54. The summed E-state index contributed by atoms with van der Waals surface area (Å²) in [6, 6.07) is 19.0. The maximum atomic E-state index is 12.4. The fourth-order valence-electron chi connectivity index (χ4n) is 2.61. The molecular weight excluding hydrogens is 348 g/mol. The fourth-order valence-corrected chi connectivity index (χ4v) is 2.73. The number of nitrogens with one attached hydrogen (secondary N) is 1. The molecule has 0 aliphatic rings. The number of benzene rings is 3. The molecule has 0 bridgehead atoms. The Balaban J connectivity index is 1.69. The number of methoxy groups -OCH3 is 1. The number of hydrogen-bond donors (Lipinski definition) is 1. The second-order valence-electron chi connectivity index (χ2n) is 5.98. The van der Waals surface area contributed by atoms with Crippen molar-refractivity contribution in [1.82, 2.24) is 5.43 Å². The van der Waals surface area contributed by atoms with E-state index in [1.165, 1.54) is 0 Å². The van der Waals surface area contributed by atoms with Crippen LogP contribution in [0.25, 0.3) is 10.8 Å². The Bertz CT molecular complexity index is 952. The molecule has 5 heteroatoms. The molecule has 3 aromatic carbocycles. The second kappa shape index (κ2) is 8.02. The Labute approximate surface area is 157 Å². The quantitative estimate of drug-likeness (QED) is 0.523. The molecule has 26 heavy (non-hydrogen) atoms. The summed E-state index contributed by atoms with van der Waals surface area (Å²) in [5, 5.41) is 6.81. The van der Waals surface area contributed by atoms with Crippen LogP contribution in [0.2, 0.25) is 5.02 Å². The van der Waals surface area contributed by atoms with Crippen LogP contribution in [0.5, 0.6) is 5.75 Å². The largest absolute Gasteiger partial charge is 0.497 e. The highest BCUT2D eigenvalue weighted by Crippen LogP contribution is 2.25. The Morgan fingerprint density at radius 2 is 1.77 bits per heavy atom. The van der Waals surface area contributed by atoms with Crippen molar-refractivity contribution in [2.24, 2.45) is 5.10 Å². The van der Waals surface area contributed by atoms with E-state index in [4.69, 9.17) is 16.3 Å². The molecule has 0 saturated heterocycles. The first-order valence-electron chi connectivity index (χ1n) is 8.23. The Morgan fingerprint density at radius 1 is 1.08 bits per heavy atom. The molecule has 1 amide bonds. The van der Waals surface area contributed by atoms with Gasteiger partial charge in [-0.15, -0.1) is 0 Å². The van der Waals surface area contributed by atoms with Crippen LogP contribution >= 0.6 is 11.6 Å².